The van der Waals surface area contributed by atoms with Crippen LogP contribution in [-0.2, 0) is 14.3 Å². The van der Waals surface area contributed by atoms with Crippen molar-refractivity contribution in [1.82, 2.24) is 5.32 Å². The first-order valence-electron chi connectivity index (χ1n) is 9.21. The summed E-state index contributed by atoms with van der Waals surface area (Å²) in [5, 5.41) is 5.65. The lowest BCUT2D eigenvalue weighted by atomic mass is 10.0. The van der Waals surface area contributed by atoms with Crippen LogP contribution < -0.4 is 20.3 Å². The van der Waals surface area contributed by atoms with Gasteiger partial charge in [-0.15, -0.1) is 0 Å². The number of benzene rings is 1. The summed E-state index contributed by atoms with van der Waals surface area (Å²) in [6.07, 6.45) is -0.758. The first-order valence-corrected chi connectivity index (χ1v) is 10.4. The van der Waals surface area contributed by atoms with Crippen molar-refractivity contribution in [2.45, 2.75) is 26.3 Å². The van der Waals surface area contributed by atoms with Gasteiger partial charge in [0.25, 0.3) is 5.91 Å². The molecule has 1 aliphatic heterocycles. The fourth-order valence-corrected chi connectivity index (χ4v) is 3.75. The van der Waals surface area contributed by atoms with E-state index in [0.29, 0.717) is 28.2 Å². The number of rotatable bonds is 5. The molecule has 1 aromatic carbocycles. The van der Waals surface area contributed by atoms with Gasteiger partial charge in [0.2, 0.25) is 5.91 Å². The van der Waals surface area contributed by atoms with Crippen molar-refractivity contribution in [2.75, 3.05) is 30.0 Å². The zero-order valence-corrected chi connectivity index (χ0v) is 18.4. The Morgan fingerprint density at radius 1 is 1.27 bits per heavy atom. The van der Waals surface area contributed by atoms with Crippen LogP contribution in [0.4, 0.5) is 16.2 Å². The Morgan fingerprint density at radius 3 is 2.67 bits per heavy atom. The zero-order chi connectivity index (χ0) is 21.9. The Morgan fingerprint density at radius 2 is 2.03 bits per heavy atom. The molecule has 3 amide bonds. The van der Waals surface area contributed by atoms with E-state index in [0.717, 1.165) is 22.6 Å². The quantitative estimate of drug-likeness (QED) is 0.724. The van der Waals surface area contributed by atoms with Crippen molar-refractivity contribution >= 4 is 52.2 Å². The molecule has 1 aliphatic rings. The van der Waals surface area contributed by atoms with Crippen molar-refractivity contribution in [3.05, 3.63) is 40.2 Å². The number of carbonyl (C=O) groups excluding carboxylic acids is 3. The van der Waals surface area contributed by atoms with E-state index in [9.17, 15) is 14.4 Å². The SMILES string of the molecule is Cc1cc(NC(=O)C(C)(C)NC(=O)Oc2ccc(Cl)s2)ccc1N1CCOCC1=O. The van der Waals surface area contributed by atoms with Crippen LogP contribution in [0.3, 0.4) is 0 Å². The molecule has 8 nitrogen and oxygen atoms in total. The van der Waals surface area contributed by atoms with Crippen molar-refractivity contribution in [3.63, 3.8) is 0 Å². The van der Waals surface area contributed by atoms with Crippen molar-refractivity contribution in [2.24, 2.45) is 0 Å². The number of hydrogen-bond acceptors (Lipinski definition) is 6. The molecule has 1 saturated heterocycles. The third kappa shape index (κ3) is 5.29. The molecule has 1 fully saturated rings. The normalized spacial score (nSPS) is 14.4. The van der Waals surface area contributed by atoms with Crippen LogP contribution in [0.15, 0.2) is 30.3 Å². The number of aryl methyl sites for hydroxylation is 1. The van der Waals surface area contributed by atoms with Gasteiger partial charge in [-0.2, -0.15) is 0 Å². The number of nitrogens with one attached hydrogen (secondary N) is 2. The second-order valence-electron chi connectivity index (χ2n) is 7.25. The van der Waals surface area contributed by atoms with Gasteiger partial charge >= 0.3 is 6.09 Å². The number of halogens is 1. The molecule has 2 aromatic rings. The molecule has 0 unspecified atom stereocenters. The van der Waals surface area contributed by atoms with Gasteiger partial charge in [0.15, 0.2) is 5.06 Å². The zero-order valence-electron chi connectivity index (χ0n) is 16.8. The molecule has 10 heteroatoms. The number of morpholine rings is 1. The summed E-state index contributed by atoms with van der Waals surface area (Å²) in [7, 11) is 0. The summed E-state index contributed by atoms with van der Waals surface area (Å²) in [5.74, 6) is -0.518. The molecule has 0 bridgehead atoms. The van der Waals surface area contributed by atoms with Gasteiger partial charge in [-0.25, -0.2) is 4.79 Å². The number of thiophene rings is 1. The van der Waals surface area contributed by atoms with Gasteiger partial charge < -0.3 is 25.0 Å². The minimum Gasteiger partial charge on any atom is -0.399 e. The van der Waals surface area contributed by atoms with Gasteiger partial charge in [-0.1, -0.05) is 22.9 Å². The fraction of sp³-hybridized carbons (Fsp3) is 0.350. The van der Waals surface area contributed by atoms with Gasteiger partial charge in [0.1, 0.15) is 12.1 Å². The molecule has 160 valence electrons. The molecule has 2 N–H and O–H groups in total. The number of ether oxygens (including phenoxy) is 2. The standard InChI is InChI=1S/C20H22ClN3O5S/c1-12-10-13(4-5-14(12)24-8-9-28-11-16(24)25)22-18(26)20(2,3)23-19(27)29-17-7-6-15(21)30-17/h4-7,10H,8-9,11H2,1-3H3,(H,22,26)(H,23,27). The van der Waals surface area contributed by atoms with Gasteiger partial charge in [-0.3, -0.25) is 9.59 Å². The van der Waals surface area contributed by atoms with Crippen LogP contribution in [0, 0.1) is 6.92 Å². The lowest BCUT2D eigenvalue weighted by Crippen LogP contribution is -2.53. The van der Waals surface area contributed by atoms with Crippen LogP contribution >= 0.6 is 22.9 Å². The molecule has 2 heterocycles. The van der Waals surface area contributed by atoms with E-state index in [1.807, 2.05) is 6.92 Å². The number of anilines is 2. The predicted molar refractivity (Wildman–Crippen MR) is 116 cm³/mol. The Bertz CT molecular complexity index is 975. The van der Waals surface area contributed by atoms with Crippen molar-refractivity contribution in [3.8, 4) is 5.06 Å². The van der Waals surface area contributed by atoms with Crippen LogP contribution in [0.2, 0.25) is 4.34 Å². The molecular formula is C20H22ClN3O5S. The summed E-state index contributed by atoms with van der Waals surface area (Å²) in [4.78, 5) is 38.5. The molecule has 0 spiro atoms. The molecule has 1 aromatic heterocycles. The maximum atomic E-state index is 12.7. The van der Waals surface area contributed by atoms with E-state index in [1.54, 1.807) is 49.1 Å². The Labute approximate surface area is 183 Å². The van der Waals surface area contributed by atoms with Crippen LogP contribution in [0.25, 0.3) is 0 Å². The smallest absolute Gasteiger partial charge is 0.399 e. The molecule has 3 rings (SSSR count). The maximum Gasteiger partial charge on any atom is 0.414 e. The summed E-state index contributed by atoms with van der Waals surface area (Å²) >= 11 is 6.93. The van der Waals surface area contributed by atoms with Gasteiger partial charge in [-0.05, 0) is 56.7 Å². The highest BCUT2D eigenvalue weighted by Crippen LogP contribution is 2.28. The summed E-state index contributed by atoms with van der Waals surface area (Å²) in [5.41, 5.74) is 0.931. The third-order valence-corrected chi connectivity index (χ3v) is 5.56. The molecular weight excluding hydrogens is 430 g/mol. The molecule has 0 saturated carbocycles. The highest BCUT2D eigenvalue weighted by molar-refractivity contribution is 7.17. The summed E-state index contributed by atoms with van der Waals surface area (Å²) in [6.45, 7) is 6.03. The lowest BCUT2D eigenvalue weighted by Gasteiger charge is -2.28. The largest absolute Gasteiger partial charge is 0.414 e. The number of carbonyl (C=O) groups is 3. The second kappa shape index (κ2) is 9.03. The third-order valence-electron chi connectivity index (χ3n) is 4.46. The van der Waals surface area contributed by atoms with Crippen LogP contribution in [-0.4, -0.2) is 43.2 Å². The molecule has 0 aliphatic carbocycles. The van der Waals surface area contributed by atoms with E-state index in [-0.39, 0.29) is 12.5 Å². The monoisotopic (exact) mass is 451 g/mol. The highest BCUT2D eigenvalue weighted by Gasteiger charge is 2.31. The van der Waals surface area contributed by atoms with Crippen LogP contribution in [0.1, 0.15) is 19.4 Å². The van der Waals surface area contributed by atoms with Gasteiger partial charge in [0.05, 0.1) is 10.9 Å². The van der Waals surface area contributed by atoms with Gasteiger partial charge in [0, 0.05) is 17.9 Å². The van der Waals surface area contributed by atoms with Crippen LogP contribution in [0.5, 0.6) is 5.06 Å². The Balaban J connectivity index is 1.63. The average Bonchev–Trinajstić information content (AvgIpc) is 3.06. The van der Waals surface area contributed by atoms with E-state index in [2.05, 4.69) is 10.6 Å². The lowest BCUT2D eigenvalue weighted by molar-refractivity contribution is -0.125. The Kier molecular flexibility index (Phi) is 6.64. The number of hydrogen-bond donors (Lipinski definition) is 2. The fourth-order valence-electron chi connectivity index (χ4n) is 2.88. The molecule has 0 atom stereocenters. The van der Waals surface area contributed by atoms with Crippen molar-refractivity contribution < 1.29 is 23.9 Å². The van der Waals surface area contributed by atoms with E-state index in [1.165, 1.54) is 0 Å². The predicted octanol–water partition coefficient (Wildman–Crippen LogP) is 3.58. The number of nitrogens with zero attached hydrogens (tertiary/aromatic N) is 1. The van der Waals surface area contributed by atoms with E-state index < -0.39 is 17.5 Å². The topological polar surface area (TPSA) is 97.0 Å². The van der Waals surface area contributed by atoms with Crippen molar-refractivity contribution in [1.29, 1.82) is 0 Å². The van der Waals surface area contributed by atoms with E-state index >= 15 is 0 Å². The first kappa shape index (κ1) is 22.1. The average molecular weight is 452 g/mol. The first-order chi connectivity index (χ1) is 14.2. The summed E-state index contributed by atoms with van der Waals surface area (Å²) < 4.78 is 10.8. The Hall–Kier alpha value is -2.62. The number of amides is 3. The minimum absolute atomic E-state index is 0.0611. The second-order valence-corrected chi connectivity index (χ2v) is 8.93. The molecule has 30 heavy (non-hydrogen) atoms. The highest BCUT2D eigenvalue weighted by atomic mass is 35.5. The maximum absolute atomic E-state index is 12.7. The minimum atomic E-state index is -1.23. The molecule has 0 radical (unpaired) electrons. The summed E-state index contributed by atoms with van der Waals surface area (Å²) in [6, 6.07) is 8.46. The van der Waals surface area contributed by atoms with E-state index in [4.69, 9.17) is 21.1 Å².